The van der Waals surface area contributed by atoms with E-state index in [1.807, 2.05) is 0 Å². The highest BCUT2D eigenvalue weighted by Gasteiger charge is 2.52. The van der Waals surface area contributed by atoms with Crippen LogP contribution in [0, 0.1) is 0 Å². The topological polar surface area (TPSA) is 174 Å². The zero-order valence-corrected chi connectivity index (χ0v) is 33.5. The molecule has 1 aliphatic rings. The molecule has 5 atom stereocenters. The maximum atomic E-state index is 14.0. The normalized spacial score (nSPS) is 20.8. The van der Waals surface area contributed by atoms with E-state index < -0.39 is 55.2 Å². The molecule has 1 heterocycles. The van der Waals surface area contributed by atoms with Gasteiger partial charge in [-0.05, 0) is 19.8 Å². The Labute approximate surface area is 317 Å². The number of nitrogens with zero attached hydrogens (tertiary/aromatic N) is 1. The summed E-state index contributed by atoms with van der Waals surface area (Å²) in [5.41, 5.74) is 5.64. The van der Waals surface area contributed by atoms with Crippen molar-refractivity contribution >= 4 is 17.7 Å². The molecular formula is C41H80N4O7. The third-order valence-electron chi connectivity index (χ3n) is 10.4. The van der Waals surface area contributed by atoms with Crippen molar-refractivity contribution in [3.8, 4) is 0 Å². The van der Waals surface area contributed by atoms with Crippen LogP contribution in [0.3, 0.4) is 0 Å². The lowest BCUT2D eigenvalue weighted by Crippen LogP contribution is -2.72. The van der Waals surface area contributed by atoms with Gasteiger partial charge in [0.15, 0.2) is 0 Å². The van der Waals surface area contributed by atoms with Crippen LogP contribution in [-0.2, 0) is 19.1 Å². The van der Waals surface area contributed by atoms with E-state index in [1.54, 1.807) is 0 Å². The summed E-state index contributed by atoms with van der Waals surface area (Å²) in [7, 11) is 0. The van der Waals surface area contributed by atoms with Crippen molar-refractivity contribution in [1.29, 1.82) is 0 Å². The first kappa shape index (κ1) is 48.2. The van der Waals surface area contributed by atoms with E-state index >= 15 is 0 Å². The molecule has 0 aliphatic carbocycles. The summed E-state index contributed by atoms with van der Waals surface area (Å²) < 4.78 is 6.16. The molecule has 0 unspecified atom stereocenters. The lowest BCUT2D eigenvalue weighted by molar-refractivity contribution is -0.280. The van der Waals surface area contributed by atoms with Crippen molar-refractivity contribution in [2.75, 3.05) is 19.7 Å². The standard InChI is InChI=1S/C41H80N4O7/c1-4-6-8-10-12-14-16-17-18-19-20-21-23-25-27-29-38(49)45(30-28-26-24-22-15-13-11-9-7-5-2)41(31-35(47)39(50)36(33-46)52-41)44-37(48)32-43-40(51)34(3)42/h34-36,39,46-47,50H,4-33,42H2,1-3H3,(H,43,51)(H,44,48)/t34-,35+,36+,39+,41-/m0/s1. The maximum absolute atomic E-state index is 14.0. The molecule has 0 radical (unpaired) electrons. The fraction of sp³-hybridized carbons (Fsp3) is 0.927. The minimum absolute atomic E-state index is 0.217. The summed E-state index contributed by atoms with van der Waals surface area (Å²) in [4.78, 5) is 40.8. The van der Waals surface area contributed by atoms with E-state index in [1.165, 1.54) is 121 Å². The first-order chi connectivity index (χ1) is 25.1. The Morgan fingerprint density at radius 1 is 0.731 bits per heavy atom. The van der Waals surface area contributed by atoms with Crippen molar-refractivity contribution in [3.63, 3.8) is 0 Å². The molecule has 3 amide bonds. The molecule has 0 aromatic heterocycles. The van der Waals surface area contributed by atoms with Gasteiger partial charge < -0.3 is 36.4 Å². The number of nitrogens with one attached hydrogen (secondary N) is 2. The van der Waals surface area contributed by atoms with Crippen LogP contribution in [0.1, 0.15) is 194 Å². The number of nitrogens with two attached hydrogens (primary N) is 1. The summed E-state index contributed by atoms with van der Waals surface area (Å²) in [6, 6.07) is -0.812. The predicted octanol–water partition coefficient (Wildman–Crippen LogP) is 6.73. The third kappa shape index (κ3) is 21.2. The molecular weight excluding hydrogens is 660 g/mol. The van der Waals surface area contributed by atoms with Gasteiger partial charge in [0.05, 0.1) is 25.3 Å². The van der Waals surface area contributed by atoms with Crippen LogP contribution in [0.2, 0.25) is 0 Å². The Morgan fingerprint density at radius 2 is 1.15 bits per heavy atom. The number of ether oxygens (including phenoxy) is 1. The van der Waals surface area contributed by atoms with Crippen LogP contribution in [0.5, 0.6) is 0 Å². The van der Waals surface area contributed by atoms with Crippen molar-refractivity contribution in [1.82, 2.24) is 15.5 Å². The van der Waals surface area contributed by atoms with E-state index in [2.05, 4.69) is 24.5 Å². The maximum Gasteiger partial charge on any atom is 0.243 e. The van der Waals surface area contributed by atoms with Crippen molar-refractivity contribution in [2.45, 2.75) is 224 Å². The largest absolute Gasteiger partial charge is 0.394 e. The highest BCUT2D eigenvalue weighted by atomic mass is 16.6. The Hall–Kier alpha value is -1.79. The molecule has 52 heavy (non-hydrogen) atoms. The fourth-order valence-corrected chi connectivity index (χ4v) is 7.12. The van der Waals surface area contributed by atoms with E-state index in [0.29, 0.717) is 12.8 Å². The quantitative estimate of drug-likeness (QED) is 0.0317. The molecule has 7 N–H and O–H groups in total. The molecule has 0 bridgehead atoms. The molecule has 0 saturated carbocycles. The Bertz CT molecular complexity index is 924. The van der Waals surface area contributed by atoms with Gasteiger partial charge in [-0.2, -0.15) is 0 Å². The highest BCUT2D eigenvalue weighted by molar-refractivity contribution is 5.87. The average Bonchev–Trinajstić information content (AvgIpc) is 3.12. The molecule has 306 valence electrons. The van der Waals surface area contributed by atoms with Crippen molar-refractivity contribution < 1.29 is 34.4 Å². The number of carbonyl (C=O) groups is 3. The van der Waals surface area contributed by atoms with Crippen molar-refractivity contribution in [2.24, 2.45) is 5.73 Å². The van der Waals surface area contributed by atoms with Gasteiger partial charge in [-0.15, -0.1) is 0 Å². The Balaban J connectivity index is 2.79. The molecule has 1 aliphatic heterocycles. The van der Waals surface area contributed by atoms with E-state index in [9.17, 15) is 29.7 Å². The van der Waals surface area contributed by atoms with Gasteiger partial charge >= 0.3 is 0 Å². The SMILES string of the molecule is CCCCCCCCCCCCCCCCCC(=O)N(CCCCCCCCCCCC)[C@@]1(NC(=O)CNC(=O)[C@H](C)N)C[C@@H](O)[C@@H](O)[C@@H](CO)O1. The van der Waals surface area contributed by atoms with E-state index in [4.69, 9.17) is 10.5 Å². The van der Waals surface area contributed by atoms with Gasteiger partial charge in [0.1, 0.15) is 12.2 Å². The lowest BCUT2D eigenvalue weighted by atomic mass is 9.96. The number of aliphatic hydroxyl groups excluding tert-OH is 3. The summed E-state index contributed by atoms with van der Waals surface area (Å²) in [5, 5.41) is 36.7. The molecule has 0 aromatic rings. The minimum atomic E-state index is -1.80. The smallest absolute Gasteiger partial charge is 0.243 e. The number of amides is 3. The molecule has 0 spiro atoms. The minimum Gasteiger partial charge on any atom is -0.394 e. The Morgan fingerprint density at radius 3 is 1.58 bits per heavy atom. The average molecular weight is 741 g/mol. The number of unbranched alkanes of at least 4 members (excludes halogenated alkanes) is 23. The number of rotatable bonds is 33. The first-order valence-corrected chi connectivity index (χ1v) is 21.4. The van der Waals surface area contributed by atoms with Crippen LogP contribution in [0.25, 0.3) is 0 Å². The summed E-state index contributed by atoms with van der Waals surface area (Å²) in [6.45, 7) is 5.24. The van der Waals surface area contributed by atoms with Crippen molar-refractivity contribution in [3.05, 3.63) is 0 Å². The van der Waals surface area contributed by atoms with Crippen LogP contribution in [0.15, 0.2) is 0 Å². The number of hydrogen-bond donors (Lipinski definition) is 6. The Kier molecular flexibility index (Phi) is 28.3. The first-order valence-electron chi connectivity index (χ1n) is 21.4. The molecule has 11 nitrogen and oxygen atoms in total. The summed E-state index contributed by atoms with van der Waals surface area (Å²) >= 11 is 0. The zero-order chi connectivity index (χ0) is 38.5. The van der Waals surface area contributed by atoms with Crippen LogP contribution in [0.4, 0.5) is 0 Å². The van der Waals surface area contributed by atoms with Crippen LogP contribution in [-0.4, -0.2) is 87.8 Å². The number of carbonyl (C=O) groups excluding carboxylic acids is 3. The van der Waals surface area contributed by atoms with Gasteiger partial charge in [0.25, 0.3) is 0 Å². The number of aliphatic hydroxyl groups is 3. The van der Waals surface area contributed by atoms with Gasteiger partial charge in [0, 0.05) is 19.4 Å². The van der Waals surface area contributed by atoms with Crippen LogP contribution >= 0.6 is 0 Å². The fourth-order valence-electron chi connectivity index (χ4n) is 7.12. The second kappa shape index (κ2) is 30.5. The lowest BCUT2D eigenvalue weighted by Gasteiger charge is -2.50. The monoisotopic (exact) mass is 741 g/mol. The summed E-state index contributed by atoms with van der Waals surface area (Å²) in [6.07, 6.45) is 25.5. The van der Waals surface area contributed by atoms with Crippen LogP contribution < -0.4 is 16.4 Å². The molecule has 11 heteroatoms. The molecule has 0 aromatic carbocycles. The third-order valence-corrected chi connectivity index (χ3v) is 10.4. The van der Waals surface area contributed by atoms with Gasteiger partial charge in [-0.25, -0.2) is 0 Å². The highest BCUT2D eigenvalue weighted by Crippen LogP contribution is 2.32. The van der Waals surface area contributed by atoms with E-state index in [0.717, 1.165) is 38.5 Å². The molecule has 1 fully saturated rings. The predicted molar refractivity (Wildman–Crippen MR) is 209 cm³/mol. The van der Waals surface area contributed by atoms with Gasteiger partial charge in [-0.3, -0.25) is 19.3 Å². The second-order valence-corrected chi connectivity index (χ2v) is 15.4. The van der Waals surface area contributed by atoms with Gasteiger partial charge in [-0.1, -0.05) is 162 Å². The molecule has 1 rings (SSSR count). The molecule has 1 saturated heterocycles. The summed E-state index contributed by atoms with van der Waals surface area (Å²) in [5.74, 6) is -3.16. The second-order valence-electron chi connectivity index (χ2n) is 15.4. The van der Waals surface area contributed by atoms with Gasteiger partial charge in [0.2, 0.25) is 23.6 Å². The number of hydrogen-bond acceptors (Lipinski definition) is 8. The van der Waals surface area contributed by atoms with E-state index in [-0.39, 0.29) is 25.3 Å². The zero-order valence-electron chi connectivity index (χ0n) is 33.5.